The summed E-state index contributed by atoms with van der Waals surface area (Å²) in [6.45, 7) is 14.1. The van der Waals surface area contributed by atoms with Gasteiger partial charge in [-0.25, -0.2) is 9.59 Å². The Balaban J connectivity index is 0.000000890. The smallest absolute Gasteiger partial charge is 0.328 e. The minimum atomic E-state index is -1.26. The van der Waals surface area contributed by atoms with E-state index in [1.807, 2.05) is 51.1 Å². The molecule has 0 aromatic heterocycles. The van der Waals surface area contributed by atoms with Crippen molar-refractivity contribution in [1.82, 2.24) is 15.5 Å². The van der Waals surface area contributed by atoms with E-state index in [1.54, 1.807) is 0 Å². The third kappa shape index (κ3) is 13.5. The molecule has 1 aromatic rings. The van der Waals surface area contributed by atoms with Crippen LogP contribution in [0.2, 0.25) is 0 Å². The molecule has 4 N–H and O–H groups in total. The van der Waals surface area contributed by atoms with Crippen molar-refractivity contribution in [1.29, 1.82) is 0 Å². The second-order valence-electron chi connectivity index (χ2n) is 7.57. The zero-order chi connectivity index (χ0) is 23.2. The second-order valence-corrected chi connectivity index (χ2v) is 7.57. The molecule has 1 atom stereocenters. The van der Waals surface area contributed by atoms with Gasteiger partial charge in [0.2, 0.25) is 5.91 Å². The molecule has 1 amide bonds. The lowest BCUT2D eigenvalue weighted by molar-refractivity contribution is -0.134. The summed E-state index contributed by atoms with van der Waals surface area (Å²) >= 11 is 0. The summed E-state index contributed by atoms with van der Waals surface area (Å²) in [4.78, 5) is 34.0. The van der Waals surface area contributed by atoms with Gasteiger partial charge in [-0.05, 0) is 39.4 Å². The van der Waals surface area contributed by atoms with Crippen LogP contribution in [0.3, 0.4) is 0 Å². The van der Waals surface area contributed by atoms with E-state index in [-0.39, 0.29) is 17.5 Å². The van der Waals surface area contributed by atoms with Crippen LogP contribution in [0.5, 0.6) is 0 Å². The maximum atomic E-state index is 12.6. The number of carbonyl (C=O) groups excluding carboxylic acids is 1. The fourth-order valence-electron chi connectivity index (χ4n) is 2.50. The van der Waals surface area contributed by atoms with Gasteiger partial charge in [0.15, 0.2) is 0 Å². The number of likely N-dealkylation sites (N-methyl/N-ethyl adjacent to an activating group) is 1. The van der Waals surface area contributed by atoms with Crippen LogP contribution in [0.4, 0.5) is 0 Å². The molecule has 0 aliphatic rings. The van der Waals surface area contributed by atoms with E-state index in [2.05, 4.69) is 29.4 Å². The van der Waals surface area contributed by atoms with Crippen LogP contribution in [0.15, 0.2) is 42.5 Å². The Labute approximate surface area is 179 Å². The maximum absolute atomic E-state index is 12.6. The average molecular weight is 422 g/mol. The first-order chi connectivity index (χ1) is 14.0. The molecule has 0 spiro atoms. The normalized spacial score (nSPS) is 12.2. The van der Waals surface area contributed by atoms with Crippen molar-refractivity contribution in [2.45, 2.75) is 46.2 Å². The maximum Gasteiger partial charge on any atom is 0.328 e. The van der Waals surface area contributed by atoms with Gasteiger partial charge < -0.3 is 25.7 Å². The van der Waals surface area contributed by atoms with Crippen molar-refractivity contribution in [3.8, 4) is 0 Å². The van der Waals surface area contributed by atoms with Crippen molar-refractivity contribution in [2.75, 3.05) is 26.2 Å². The van der Waals surface area contributed by atoms with Gasteiger partial charge in [-0.15, -0.1) is 0 Å². The third-order valence-corrected chi connectivity index (χ3v) is 3.93. The van der Waals surface area contributed by atoms with Crippen LogP contribution >= 0.6 is 0 Å². The minimum Gasteiger partial charge on any atom is -0.478 e. The number of hydrogen-bond donors (Lipinski definition) is 4. The summed E-state index contributed by atoms with van der Waals surface area (Å²) < 4.78 is 0. The molecule has 0 radical (unpaired) electrons. The average Bonchev–Trinajstić information content (AvgIpc) is 2.66. The third-order valence-electron chi connectivity index (χ3n) is 3.93. The lowest BCUT2D eigenvalue weighted by Crippen LogP contribution is -2.47. The van der Waals surface area contributed by atoms with Gasteiger partial charge in [-0.3, -0.25) is 4.79 Å². The summed E-state index contributed by atoms with van der Waals surface area (Å²) in [5.74, 6) is -2.49. The minimum absolute atomic E-state index is 0.0262. The molecule has 0 fully saturated rings. The van der Waals surface area contributed by atoms with E-state index < -0.39 is 11.9 Å². The number of carboxylic acids is 2. The van der Waals surface area contributed by atoms with Crippen LogP contribution in [-0.4, -0.2) is 64.7 Å². The number of aliphatic carboxylic acids is 2. The SMILES string of the molecule is CCN(CC)CCNC(C(=O)NC(C)(C)C)c1ccccc1.O=C(O)/C=C\C(=O)O. The molecule has 1 aromatic carbocycles. The molecule has 168 valence electrons. The van der Waals surface area contributed by atoms with E-state index in [0.717, 1.165) is 31.7 Å². The topological polar surface area (TPSA) is 119 Å². The van der Waals surface area contributed by atoms with Gasteiger partial charge in [0, 0.05) is 30.8 Å². The van der Waals surface area contributed by atoms with Gasteiger partial charge >= 0.3 is 11.9 Å². The van der Waals surface area contributed by atoms with E-state index in [4.69, 9.17) is 10.2 Å². The number of carboxylic acid groups (broad SMARTS) is 2. The van der Waals surface area contributed by atoms with Crippen molar-refractivity contribution in [2.24, 2.45) is 0 Å². The fourth-order valence-corrected chi connectivity index (χ4v) is 2.50. The number of rotatable bonds is 10. The van der Waals surface area contributed by atoms with Crippen LogP contribution in [0, 0.1) is 0 Å². The largest absolute Gasteiger partial charge is 0.478 e. The van der Waals surface area contributed by atoms with Gasteiger partial charge in [-0.1, -0.05) is 44.2 Å². The van der Waals surface area contributed by atoms with Crippen LogP contribution in [0.1, 0.15) is 46.2 Å². The first kappa shape index (κ1) is 27.3. The lowest BCUT2D eigenvalue weighted by atomic mass is 10.0. The molecule has 0 saturated heterocycles. The van der Waals surface area contributed by atoms with Gasteiger partial charge in [0.25, 0.3) is 0 Å². The molecule has 0 heterocycles. The van der Waals surface area contributed by atoms with E-state index >= 15 is 0 Å². The van der Waals surface area contributed by atoms with Crippen molar-refractivity contribution in [3.05, 3.63) is 48.0 Å². The number of benzene rings is 1. The molecule has 8 heteroatoms. The highest BCUT2D eigenvalue weighted by Gasteiger charge is 2.23. The zero-order valence-electron chi connectivity index (χ0n) is 18.5. The highest BCUT2D eigenvalue weighted by Crippen LogP contribution is 2.14. The predicted octanol–water partition coefficient (Wildman–Crippen LogP) is 2.29. The Hall–Kier alpha value is -2.71. The zero-order valence-corrected chi connectivity index (χ0v) is 18.5. The predicted molar refractivity (Wildman–Crippen MR) is 117 cm³/mol. The van der Waals surface area contributed by atoms with Crippen molar-refractivity contribution in [3.63, 3.8) is 0 Å². The molecule has 0 aliphatic carbocycles. The molecule has 1 rings (SSSR count). The molecule has 8 nitrogen and oxygen atoms in total. The first-order valence-corrected chi connectivity index (χ1v) is 9.96. The van der Waals surface area contributed by atoms with Gasteiger partial charge in [-0.2, -0.15) is 0 Å². The monoisotopic (exact) mass is 421 g/mol. The summed E-state index contributed by atoms with van der Waals surface area (Å²) in [5.41, 5.74) is 0.772. The molecule has 0 bridgehead atoms. The summed E-state index contributed by atoms with van der Waals surface area (Å²) in [5, 5.41) is 22.1. The molecular formula is C22H35N3O5. The molecule has 0 saturated carbocycles. The highest BCUT2D eigenvalue weighted by atomic mass is 16.4. The summed E-state index contributed by atoms with van der Waals surface area (Å²) in [7, 11) is 0. The number of carbonyl (C=O) groups is 3. The Morgan fingerprint density at radius 2 is 1.50 bits per heavy atom. The van der Waals surface area contributed by atoms with Crippen molar-refractivity contribution < 1.29 is 24.6 Å². The number of amides is 1. The standard InChI is InChI=1S/C18H31N3O.C4H4O4/c1-6-21(7-2)14-13-19-16(15-11-9-8-10-12-15)17(22)20-18(3,4)5;5-3(6)1-2-4(7)8/h8-12,16,19H,6-7,13-14H2,1-5H3,(H,20,22);1-2H,(H,5,6)(H,7,8)/b;2-1-. The number of nitrogens with one attached hydrogen (secondary N) is 2. The van der Waals surface area contributed by atoms with Gasteiger partial charge in [0.05, 0.1) is 0 Å². The van der Waals surface area contributed by atoms with Gasteiger partial charge in [0.1, 0.15) is 6.04 Å². The van der Waals surface area contributed by atoms with Crippen LogP contribution < -0.4 is 10.6 Å². The van der Waals surface area contributed by atoms with E-state index in [1.165, 1.54) is 0 Å². The Bertz CT molecular complexity index is 664. The second kappa shape index (κ2) is 14.3. The first-order valence-electron chi connectivity index (χ1n) is 9.96. The molecular weight excluding hydrogens is 386 g/mol. The summed E-state index contributed by atoms with van der Waals surface area (Å²) in [6, 6.07) is 9.60. The fraction of sp³-hybridized carbons (Fsp3) is 0.500. The quantitative estimate of drug-likeness (QED) is 0.428. The number of nitrogens with zero attached hydrogens (tertiary/aromatic N) is 1. The highest BCUT2D eigenvalue weighted by molar-refractivity contribution is 5.89. The van der Waals surface area contributed by atoms with Crippen LogP contribution in [0.25, 0.3) is 0 Å². The van der Waals surface area contributed by atoms with E-state index in [9.17, 15) is 14.4 Å². The Kier molecular flexibility index (Phi) is 13.0. The molecule has 0 aliphatic heterocycles. The lowest BCUT2D eigenvalue weighted by Gasteiger charge is -2.27. The van der Waals surface area contributed by atoms with Crippen LogP contribution in [-0.2, 0) is 14.4 Å². The van der Waals surface area contributed by atoms with Crippen molar-refractivity contribution >= 4 is 17.8 Å². The number of hydrogen-bond acceptors (Lipinski definition) is 5. The molecule has 1 unspecified atom stereocenters. The summed E-state index contributed by atoms with van der Waals surface area (Å²) in [6.07, 6.45) is 1.12. The molecule has 30 heavy (non-hydrogen) atoms. The Morgan fingerprint density at radius 1 is 1.00 bits per heavy atom. The Morgan fingerprint density at radius 3 is 1.90 bits per heavy atom. The van der Waals surface area contributed by atoms with E-state index in [0.29, 0.717) is 12.2 Å².